The Balaban J connectivity index is 1.45. The smallest absolute Gasteiger partial charge is 0.163 e. The van der Waals surface area contributed by atoms with Crippen LogP contribution < -0.4 is 14.4 Å². The molecular weight excluding hydrogens is 416 g/mol. The molecule has 1 aliphatic carbocycles. The minimum Gasteiger partial charge on any atom is -0.493 e. The van der Waals surface area contributed by atoms with Gasteiger partial charge in [0.15, 0.2) is 11.5 Å². The molecule has 3 heterocycles. The van der Waals surface area contributed by atoms with E-state index in [0.717, 1.165) is 77.9 Å². The first-order valence-corrected chi connectivity index (χ1v) is 11.8. The van der Waals surface area contributed by atoms with E-state index in [1.54, 1.807) is 13.3 Å². The highest BCUT2D eigenvalue weighted by atomic mass is 16.5. The maximum Gasteiger partial charge on any atom is 0.163 e. The predicted molar refractivity (Wildman–Crippen MR) is 129 cm³/mol. The number of hydrogen-bond donors (Lipinski definition) is 1. The summed E-state index contributed by atoms with van der Waals surface area (Å²) in [7, 11) is 1.65. The third kappa shape index (κ3) is 4.47. The number of aliphatic hydroxyl groups is 1. The van der Waals surface area contributed by atoms with E-state index in [2.05, 4.69) is 28.1 Å². The summed E-state index contributed by atoms with van der Waals surface area (Å²) in [6.45, 7) is 7.74. The van der Waals surface area contributed by atoms with Crippen molar-refractivity contribution in [2.45, 2.75) is 58.2 Å². The van der Waals surface area contributed by atoms with E-state index in [1.807, 2.05) is 32.2 Å². The number of aromatic nitrogens is 3. The zero-order valence-corrected chi connectivity index (χ0v) is 19.8. The van der Waals surface area contributed by atoms with E-state index >= 15 is 0 Å². The summed E-state index contributed by atoms with van der Waals surface area (Å²) in [6, 6.07) is 6.08. The first-order chi connectivity index (χ1) is 15.8. The van der Waals surface area contributed by atoms with Crippen molar-refractivity contribution in [3.05, 3.63) is 36.2 Å². The van der Waals surface area contributed by atoms with Crippen molar-refractivity contribution in [1.82, 2.24) is 15.2 Å². The van der Waals surface area contributed by atoms with E-state index < -0.39 is 5.60 Å². The second-order valence-electron chi connectivity index (χ2n) is 9.88. The number of methoxy groups -OCH3 is 1. The SMILES string of the molecule is COc1cc2nncc(-c3cnc(N4CCC(C(C)(C)O)CC4)c(C)c3)c2cc1OC1CC1. The maximum atomic E-state index is 10.3. The molecule has 7 nitrogen and oxygen atoms in total. The molecule has 0 radical (unpaired) electrons. The number of pyridine rings is 1. The molecule has 3 aromatic rings. The number of anilines is 1. The molecule has 1 saturated carbocycles. The number of nitrogens with zero attached hydrogens (tertiary/aromatic N) is 4. The van der Waals surface area contributed by atoms with Crippen LogP contribution >= 0.6 is 0 Å². The van der Waals surface area contributed by atoms with Gasteiger partial charge in [0.1, 0.15) is 5.82 Å². The molecule has 174 valence electrons. The highest BCUT2D eigenvalue weighted by Crippen LogP contribution is 2.39. The van der Waals surface area contributed by atoms with Crippen molar-refractivity contribution in [3.63, 3.8) is 0 Å². The van der Waals surface area contributed by atoms with Gasteiger partial charge in [-0.1, -0.05) is 0 Å². The lowest BCUT2D eigenvalue weighted by molar-refractivity contribution is 0.00645. The topological polar surface area (TPSA) is 80.6 Å². The van der Waals surface area contributed by atoms with Crippen molar-refractivity contribution >= 4 is 16.7 Å². The molecule has 1 saturated heterocycles. The van der Waals surface area contributed by atoms with Crippen LogP contribution in [0.3, 0.4) is 0 Å². The highest BCUT2D eigenvalue weighted by molar-refractivity contribution is 5.95. The summed E-state index contributed by atoms with van der Waals surface area (Å²) in [5, 5.41) is 19.9. The van der Waals surface area contributed by atoms with Crippen molar-refractivity contribution in [2.75, 3.05) is 25.1 Å². The van der Waals surface area contributed by atoms with Gasteiger partial charge in [-0.2, -0.15) is 10.2 Å². The first-order valence-electron chi connectivity index (χ1n) is 11.8. The molecule has 0 bridgehead atoms. The maximum absolute atomic E-state index is 10.3. The molecule has 2 aliphatic rings. The van der Waals surface area contributed by atoms with Crippen LogP contribution in [-0.2, 0) is 0 Å². The van der Waals surface area contributed by atoms with Crippen LogP contribution in [0.5, 0.6) is 11.5 Å². The van der Waals surface area contributed by atoms with Gasteiger partial charge in [0.05, 0.1) is 30.5 Å². The fraction of sp³-hybridized carbons (Fsp3) is 0.500. The number of piperidine rings is 1. The monoisotopic (exact) mass is 448 g/mol. The third-order valence-electron chi connectivity index (χ3n) is 6.90. The Morgan fingerprint density at radius 3 is 2.42 bits per heavy atom. The number of benzene rings is 1. The van der Waals surface area contributed by atoms with Gasteiger partial charge in [-0.3, -0.25) is 0 Å². The highest BCUT2D eigenvalue weighted by Gasteiger charge is 2.31. The number of fused-ring (bicyclic) bond motifs is 1. The Kier molecular flexibility index (Phi) is 5.60. The molecule has 0 unspecified atom stereocenters. The zero-order chi connectivity index (χ0) is 23.2. The zero-order valence-electron chi connectivity index (χ0n) is 19.8. The Morgan fingerprint density at radius 1 is 1.03 bits per heavy atom. The number of aryl methyl sites for hydroxylation is 1. The lowest BCUT2D eigenvalue weighted by atomic mass is 9.83. The number of hydrogen-bond acceptors (Lipinski definition) is 7. The fourth-order valence-electron chi connectivity index (χ4n) is 4.76. The largest absolute Gasteiger partial charge is 0.493 e. The van der Waals surface area contributed by atoms with E-state index in [-0.39, 0.29) is 6.10 Å². The molecule has 2 fully saturated rings. The summed E-state index contributed by atoms with van der Waals surface area (Å²) in [5.41, 5.74) is 3.25. The van der Waals surface area contributed by atoms with Crippen molar-refractivity contribution in [1.29, 1.82) is 0 Å². The average Bonchev–Trinajstić information content (AvgIpc) is 3.62. The number of rotatable bonds is 6. The second-order valence-corrected chi connectivity index (χ2v) is 9.88. The van der Waals surface area contributed by atoms with Crippen LogP contribution in [0.15, 0.2) is 30.6 Å². The van der Waals surface area contributed by atoms with Gasteiger partial charge < -0.3 is 19.5 Å². The minimum absolute atomic E-state index is 0.276. The van der Waals surface area contributed by atoms with Gasteiger partial charge >= 0.3 is 0 Å². The molecular formula is C26H32N4O3. The van der Waals surface area contributed by atoms with Crippen molar-refractivity contribution in [2.24, 2.45) is 5.92 Å². The van der Waals surface area contributed by atoms with Crippen molar-refractivity contribution < 1.29 is 14.6 Å². The Hall–Kier alpha value is -2.93. The van der Waals surface area contributed by atoms with Crippen LogP contribution in [0.25, 0.3) is 22.0 Å². The fourth-order valence-corrected chi connectivity index (χ4v) is 4.76. The van der Waals surface area contributed by atoms with Crippen LogP contribution in [0.2, 0.25) is 0 Å². The summed E-state index contributed by atoms with van der Waals surface area (Å²) >= 11 is 0. The minimum atomic E-state index is -0.626. The van der Waals surface area contributed by atoms with E-state index in [1.165, 1.54) is 0 Å². The summed E-state index contributed by atoms with van der Waals surface area (Å²) in [5.74, 6) is 2.77. The molecule has 1 aliphatic heterocycles. The van der Waals surface area contributed by atoms with E-state index in [9.17, 15) is 5.11 Å². The lowest BCUT2D eigenvalue weighted by Crippen LogP contribution is -2.42. The Bertz CT molecular complexity index is 1160. The van der Waals surface area contributed by atoms with Gasteiger partial charge in [-0.15, -0.1) is 0 Å². The van der Waals surface area contributed by atoms with Crippen LogP contribution in [-0.4, -0.2) is 52.2 Å². The molecule has 1 aromatic carbocycles. The van der Waals surface area contributed by atoms with E-state index in [0.29, 0.717) is 11.7 Å². The van der Waals surface area contributed by atoms with E-state index in [4.69, 9.17) is 14.5 Å². The third-order valence-corrected chi connectivity index (χ3v) is 6.90. The van der Waals surface area contributed by atoms with Crippen molar-refractivity contribution in [3.8, 4) is 22.6 Å². The van der Waals surface area contributed by atoms with Crippen LogP contribution in [0, 0.1) is 12.8 Å². The Labute approximate surface area is 194 Å². The van der Waals surface area contributed by atoms with Crippen LogP contribution in [0.1, 0.15) is 45.1 Å². The molecule has 2 aromatic heterocycles. The first kappa shape index (κ1) is 21.9. The Morgan fingerprint density at radius 2 is 1.79 bits per heavy atom. The van der Waals surface area contributed by atoms with Gasteiger partial charge in [0.25, 0.3) is 0 Å². The molecule has 0 amide bonds. The molecule has 1 N–H and O–H groups in total. The lowest BCUT2D eigenvalue weighted by Gasteiger charge is -2.38. The summed E-state index contributed by atoms with van der Waals surface area (Å²) < 4.78 is 11.6. The molecule has 0 spiro atoms. The van der Waals surface area contributed by atoms with Gasteiger partial charge in [0, 0.05) is 41.9 Å². The summed E-state index contributed by atoms with van der Waals surface area (Å²) in [4.78, 5) is 7.18. The molecule has 0 atom stereocenters. The number of ether oxygens (including phenoxy) is 2. The molecule has 5 rings (SSSR count). The summed E-state index contributed by atoms with van der Waals surface area (Å²) in [6.07, 6.45) is 8.10. The normalized spacial score (nSPS) is 17.4. The van der Waals surface area contributed by atoms with Gasteiger partial charge in [0.2, 0.25) is 0 Å². The molecule has 7 heteroatoms. The average molecular weight is 449 g/mol. The molecule has 33 heavy (non-hydrogen) atoms. The van der Waals surface area contributed by atoms with Crippen LogP contribution in [0.4, 0.5) is 5.82 Å². The van der Waals surface area contributed by atoms with Gasteiger partial charge in [-0.25, -0.2) is 4.98 Å². The standard InChI is InChI=1S/C26H32N4O3/c1-16-11-17(14-27-25(16)30-9-7-18(8-10-30)26(2,3)31)21-15-28-29-22-13-23(32-4)24(12-20(21)22)33-19-5-6-19/h11-15,18-19,31H,5-10H2,1-4H3. The van der Waals surface area contributed by atoms with Gasteiger partial charge in [-0.05, 0) is 70.1 Å². The predicted octanol–water partition coefficient (Wildman–Crippen LogP) is 4.54. The second kappa shape index (κ2) is 8.45. The quantitative estimate of drug-likeness (QED) is 0.593.